The summed E-state index contributed by atoms with van der Waals surface area (Å²) in [6.07, 6.45) is 0.217. The molecule has 2 heterocycles. The zero-order chi connectivity index (χ0) is 20.3. The Morgan fingerprint density at radius 3 is 2.64 bits per heavy atom. The molecule has 0 fully saturated rings. The molecular formula is C20H23FN4O2S. The van der Waals surface area contributed by atoms with Crippen molar-refractivity contribution in [1.29, 1.82) is 0 Å². The van der Waals surface area contributed by atoms with Crippen LogP contribution in [0.3, 0.4) is 0 Å². The molecule has 0 saturated heterocycles. The summed E-state index contributed by atoms with van der Waals surface area (Å²) in [5.74, 6) is 0.302. The molecule has 1 amide bonds. The highest BCUT2D eigenvalue weighted by Crippen LogP contribution is 2.37. The summed E-state index contributed by atoms with van der Waals surface area (Å²) in [5.41, 5.74) is 2.84. The van der Waals surface area contributed by atoms with Crippen molar-refractivity contribution < 1.29 is 13.7 Å². The molecule has 0 radical (unpaired) electrons. The molecule has 2 aromatic heterocycles. The van der Waals surface area contributed by atoms with Crippen molar-refractivity contribution in [2.45, 2.75) is 32.9 Å². The molecule has 0 aliphatic rings. The number of halogens is 1. The lowest BCUT2D eigenvalue weighted by Crippen LogP contribution is -2.31. The Hall–Kier alpha value is -2.58. The fraction of sp³-hybridized carbons (Fsp3) is 0.350. The van der Waals surface area contributed by atoms with E-state index in [-0.39, 0.29) is 24.2 Å². The Labute approximate surface area is 167 Å². The van der Waals surface area contributed by atoms with Gasteiger partial charge in [0, 0.05) is 17.0 Å². The maximum absolute atomic E-state index is 13.3. The third-order valence-corrected chi connectivity index (χ3v) is 4.81. The minimum atomic E-state index is -0.310. The highest BCUT2D eigenvalue weighted by Gasteiger charge is 2.23. The van der Waals surface area contributed by atoms with Gasteiger partial charge in [-0.2, -0.15) is 0 Å². The fourth-order valence-corrected chi connectivity index (χ4v) is 3.67. The van der Waals surface area contributed by atoms with Gasteiger partial charge in [-0.25, -0.2) is 9.37 Å². The average Bonchev–Trinajstić information content (AvgIpc) is 3.21. The van der Waals surface area contributed by atoms with Crippen LogP contribution < -0.4 is 5.32 Å². The highest BCUT2D eigenvalue weighted by molar-refractivity contribution is 7.13. The lowest BCUT2D eigenvalue weighted by Gasteiger charge is -2.08. The molecule has 1 N–H and O–H groups in total. The van der Waals surface area contributed by atoms with E-state index in [0.29, 0.717) is 23.7 Å². The topological polar surface area (TPSA) is 71.3 Å². The van der Waals surface area contributed by atoms with Gasteiger partial charge >= 0.3 is 0 Å². The summed E-state index contributed by atoms with van der Waals surface area (Å²) in [6.45, 7) is 4.39. The largest absolute Gasteiger partial charge is 0.359 e. The zero-order valence-corrected chi connectivity index (χ0v) is 17.1. The summed E-state index contributed by atoms with van der Waals surface area (Å²) in [7, 11) is 3.88. The predicted octanol–water partition coefficient (Wildman–Crippen LogP) is 3.73. The van der Waals surface area contributed by atoms with E-state index >= 15 is 0 Å². The van der Waals surface area contributed by atoms with Crippen LogP contribution in [-0.2, 0) is 17.8 Å². The monoisotopic (exact) mass is 402 g/mol. The van der Waals surface area contributed by atoms with Crippen molar-refractivity contribution in [2.24, 2.45) is 0 Å². The normalized spacial score (nSPS) is 11.4. The van der Waals surface area contributed by atoms with Crippen LogP contribution in [0.5, 0.6) is 0 Å². The van der Waals surface area contributed by atoms with Crippen LogP contribution in [-0.4, -0.2) is 41.1 Å². The van der Waals surface area contributed by atoms with E-state index in [1.165, 1.54) is 23.5 Å². The molecule has 0 saturated carbocycles. The molecule has 0 aliphatic heterocycles. The SMILES string of the molecule is CC(C)NC(=O)Cc1csc(-c2c(-c3ccc(F)cc3)noc2CN(C)C)n1. The molecule has 0 bridgehead atoms. The first-order chi connectivity index (χ1) is 13.3. The summed E-state index contributed by atoms with van der Waals surface area (Å²) in [4.78, 5) is 18.6. The summed E-state index contributed by atoms with van der Waals surface area (Å²) >= 11 is 1.44. The van der Waals surface area contributed by atoms with E-state index in [9.17, 15) is 9.18 Å². The number of benzene rings is 1. The van der Waals surface area contributed by atoms with E-state index in [4.69, 9.17) is 4.52 Å². The number of hydrogen-bond acceptors (Lipinski definition) is 6. The molecule has 0 unspecified atom stereocenters. The van der Waals surface area contributed by atoms with Crippen molar-refractivity contribution in [3.05, 3.63) is 46.9 Å². The minimum absolute atomic E-state index is 0.0653. The van der Waals surface area contributed by atoms with Crippen LogP contribution in [0.15, 0.2) is 34.2 Å². The Morgan fingerprint density at radius 1 is 1.29 bits per heavy atom. The molecular weight excluding hydrogens is 379 g/mol. The Balaban J connectivity index is 1.96. The number of hydrogen-bond donors (Lipinski definition) is 1. The van der Waals surface area contributed by atoms with E-state index < -0.39 is 0 Å². The van der Waals surface area contributed by atoms with Crippen molar-refractivity contribution >= 4 is 17.2 Å². The maximum Gasteiger partial charge on any atom is 0.226 e. The first kappa shape index (κ1) is 20.2. The van der Waals surface area contributed by atoms with Gasteiger partial charge in [-0.3, -0.25) is 4.79 Å². The molecule has 0 spiro atoms. The third-order valence-electron chi connectivity index (χ3n) is 3.90. The number of rotatable bonds is 7. The summed E-state index contributed by atoms with van der Waals surface area (Å²) < 4.78 is 18.9. The smallest absolute Gasteiger partial charge is 0.226 e. The van der Waals surface area contributed by atoms with Gasteiger partial charge in [-0.05, 0) is 52.2 Å². The number of carbonyl (C=O) groups is 1. The fourth-order valence-electron chi connectivity index (χ4n) is 2.79. The molecule has 0 atom stereocenters. The van der Waals surface area contributed by atoms with Crippen LogP contribution in [0.4, 0.5) is 4.39 Å². The van der Waals surface area contributed by atoms with Crippen molar-refractivity contribution in [1.82, 2.24) is 20.4 Å². The van der Waals surface area contributed by atoms with Gasteiger partial charge in [0.2, 0.25) is 5.91 Å². The first-order valence-corrected chi connectivity index (χ1v) is 9.84. The number of nitrogens with one attached hydrogen (secondary N) is 1. The highest BCUT2D eigenvalue weighted by atomic mass is 32.1. The van der Waals surface area contributed by atoms with Crippen LogP contribution in [0, 0.1) is 5.82 Å². The lowest BCUT2D eigenvalue weighted by atomic mass is 10.1. The van der Waals surface area contributed by atoms with Gasteiger partial charge in [0.1, 0.15) is 16.5 Å². The van der Waals surface area contributed by atoms with Gasteiger partial charge in [-0.15, -0.1) is 11.3 Å². The van der Waals surface area contributed by atoms with Gasteiger partial charge in [-0.1, -0.05) is 5.16 Å². The van der Waals surface area contributed by atoms with Gasteiger partial charge in [0.15, 0.2) is 5.76 Å². The Kier molecular flexibility index (Phi) is 6.21. The van der Waals surface area contributed by atoms with E-state index in [0.717, 1.165) is 16.1 Å². The van der Waals surface area contributed by atoms with Crippen LogP contribution in [0.25, 0.3) is 21.8 Å². The number of amides is 1. The average molecular weight is 402 g/mol. The van der Waals surface area contributed by atoms with Crippen LogP contribution in [0.2, 0.25) is 0 Å². The molecule has 148 valence electrons. The lowest BCUT2D eigenvalue weighted by molar-refractivity contribution is -0.120. The Bertz CT molecular complexity index is 948. The van der Waals surface area contributed by atoms with Crippen molar-refractivity contribution in [3.63, 3.8) is 0 Å². The molecule has 28 heavy (non-hydrogen) atoms. The molecule has 1 aromatic carbocycles. The predicted molar refractivity (Wildman–Crippen MR) is 107 cm³/mol. The van der Waals surface area contributed by atoms with Gasteiger partial charge in [0.05, 0.1) is 24.2 Å². The number of carbonyl (C=O) groups excluding carboxylic acids is 1. The number of nitrogens with zero attached hydrogens (tertiary/aromatic N) is 3. The van der Waals surface area contributed by atoms with E-state index in [1.54, 1.807) is 12.1 Å². The molecule has 3 rings (SSSR count). The number of thiazole rings is 1. The van der Waals surface area contributed by atoms with Gasteiger partial charge in [0.25, 0.3) is 0 Å². The van der Waals surface area contributed by atoms with E-state index in [1.807, 2.05) is 38.2 Å². The summed E-state index contributed by atoms with van der Waals surface area (Å²) in [5, 5.41) is 9.68. The Morgan fingerprint density at radius 2 is 2.00 bits per heavy atom. The van der Waals surface area contributed by atoms with Crippen LogP contribution >= 0.6 is 11.3 Å². The van der Waals surface area contributed by atoms with Crippen LogP contribution in [0.1, 0.15) is 25.3 Å². The standard InChI is InChI=1S/C20H23FN4O2S/c1-12(2)22-17(26)9-15-11-28-20(23-15)18-16(10-25(3)4)27-24-19(18)13-5-7-14(21)8-6-13/h5-8,11-12H,9-10H2,1-4H3,(H,22,26). The second-order valence-electron chi connectivity index (χ2n) is 7.12. The first-order valence-electron chi connectivity index (χ1n) is 8.97. The molecule has 8 heteroatoms. The number of aromatic nitrogens is 2. The second-order valence-corrected chi connectivity index (χ2v) is 7.98. The summed E-state index contributed by atoms with van der Waals surface area (Å²) in [6, 6.07) is 6.20. The van der Waals surface area contributed by atoms with Crippen molar-refractivity contribution in [2.75, 3.05) is 14.1 Å². The second kappa shape index (κ2) is 8.62. The quantitative estimate of drug-likeness (QED) is 0.652. The molecule has 3 aromatic rings. The molecule has 6 nitrogen and oxygen atoms in total. The van der Waals surface area contributed by atoms with E-state index in [2.05, 4.69) is 15.5 Å². The van der Waals surface area contributed by atoms with Crippen molar-refractivity contribution in [3.8, 4) is 21.8 Å². The third kappa shape index (κ3) is 4.82. The van der Waals surface area contributed by atoms with Gasteiger partial charge < -0.3 is 14.7 Å². The zero-order valence-electron chi connectivity index (χ0n) is 16.3. The molecule has 0 aliphatic carbocycles. The maximum atomic E-state index is 13.3. The minimum Gasteiger partial charge on any atom is -0.359 e.